The summed E-state index contributed by atoms with van der Waals surface area (Å²) < 4.78 is 13.2. The molecule has 56 heavy (non-hydrogen) atoms. The number of ether oxygens (including phenoxy) is 2. The first-order chi connectivity index (χ1) is 26.8. The molecule has 1 aromatic heterocycles. The first-order valence-corrected chi connectivity index (χ1v) is 27.6. The van der Waals surface area contributed by atoms with Crippen molar-refractivity contribution < 1.29 is 31.5 Å². The van der Waals surface area contributed by atoms with Crippen LogP contribution in [-0.4, -0.2) is 30.3 Å². The molecule has 0 radical (unpaired) electrons. The fourth-order valence-electron chi connectivity index (χ4n) is 14.0. The van der Waals surface area contributed by atoms with Crippen LogP contribution >= 0.6 is 32.7 Å². The van der Waals surface area contributed by atoms with E-state index in [1.807, 2.05) is 14.2 Å². The Kier molecular flexibility index (Phi) is 13.5. The molecule has 11 rings (SSSR count). The van der Waals surface area contributed by atoms with Crippen LogP contribution in [-0.2, 0) is 17.2 Å². The Morgan fingerprint density at radius 1 is 0.696 bits per heavy atom. The molecule has 8 aliphatic carbocycles. The molecule has 0 saturated heterocycles. The van der Waals surface area contributed by atoms with E-state index in [1.54, 1.807) is 24.4 Å². The molecule has 8 aliphatic rings. The van der Waals surface area contributed by atoms with Crippen molar-refractivity contribution in [2.24, 2.45) is 35.5 Å². The van der Waals surface area contributed by atoms with E-state index < -0.39 is 7.92 Å². The second-order valence-electron chi connectivity index (χ2n) is 20.0. The van der Waals surface area contributed by atoms with Gasteiger partial charge in [-0.05, 0) is 172 Å². The molecule has 0 aliphatic heterocycles. The van der Waals surface area contributed by atoms with E-state index in [4.69, 9.17) is 9.47 Å². The summed E-state index contributed by atoms with van der Waals surface area (Å²) in [5.41, 5.74) is 7.45. The van der Waals surface area contributed by atoms with E-state index >= 15 is 0 Å². The van der Waals surface area contributed by atoms with Gasteiger partial charge in [-0.25, -0.2) is 0 Å². The van der Waals surface area contributed by atoms with Crippen LogP contribution < -0.4 is 14.8 Å². The van der Waals surface area contributed by atoms with Crippen molar-refractivity contribution in [1.29, 1.82) is 0 Å². The Labute approximate surface area is 362 Å². The van der Waals surface area contributed by atoms with Gasteiger partial charge >= 0.3 is 30.6 Å². The zero-order chi connectivity index (χ0) is 40.1. The van der Waals surface area contributed by atoms with Crippen molar-refractivity contribution >= 4 is 43.8 Å². The number of ketones is 1. The van der Waals surface area contributed by atoms with E-state index in [2.05, 4.69) is 102 Å². The maximum absolute atomic E-state index is 10.5. The Morgan fingerprint density at radius 2 is 1.11 bits per heavy atom. The van der Waals surface area contributed by atoms with Crippen LogP contribution in [0.3, 0.4) is 0 Å². The normalized spacial score (nSPS) is 31.3. The standard InChI is InChI=1S/C43H61O2P.C6H5OS.BrH.Pd/c1-25(2)34-17-35(26(3)4)39(36(18-34)27(5)6)40-37(44-7)9-10-38(45-8)41(40)46(42-19-28-11-29(20-42)13-30(12-28)21-42)43-22-31-14-32(23-43)16-33(15-31)24-43;1-5(7)6-3-2-4-8-6;;/h9-10,17-18,25-33H,11-16,19-24H2,1-8H3;2-3H,1H3;1H;/q;-1;;+2. The Hall–Kier alpha value is -1.02. The zero-order valence-electron chi connectivity index (χ0n) is 35.5. The van der Waals surface area contributed by atoms with Gasteiger partial charge in [0.2, 0.25) is 0 Å². The predicted octanol–water partition coefficient (Wildman–Crippen LogP) is 14.1. The van der Waals surface area contributed by atoms with Crippen molar-refractivity contribution in [3.05, 3.63) is 63.3 Å². The molecular formula is C49H67BrO3PPdS+. The molecule has 0 N–H and O–H groups in total. The van der Waals surface area contributed by atoms with Crippen LogP contribution in [0, 0.1) is 40.9 Å². The summed E-state index contributed by atoms with van der Waals surface area (Å²) in [5, 5.41) is 5.48. The number of hydrogen-bond acceptors (Lipinski definition) is 4. The molecule has 2 aromatic carbocycles. The van der Waals surface area contributed by atoms with Gasteiger partial charge in [-0.2, -0.15) is 12.1 Å². The van der Waals surface area contributed by atoms with Gasteiger partial charge in [-0.1, -0.05) is 58.6 Å². The van der Waals surface area contributed by atoms with Crippen molar-refractivity contribution in [2.45, 2.75) is 154 Å². The van der Waals surface area contributed by atoms with Crippen LogP contribution in [0.15, 0.2) is 36.4 Å². The molecule has 0 amide bonds. The van der Waals surface area contributed by atoms with Crippen molar-refractivity contribution in [1.82, 2.24) is 0 Å². The zero-order valence-corrected chi connectivity index (χ0v) is 40.4. The number of hydrogen-bond donors (Lipinski definition) is 0. The van der Waals surface area contributed by atoms with Crippen LogP contribution in [0.2, 0.25) is 0 Å². The average Bonchev–Trinajstić information content (AvgIpc) is 3.70. The number of benzene rings is 2. The molecule has 0 atom stereocenters. The minimum absolute atomic E-state index is 0.122. The summed E-state index contributed by atoms with van der Waals surface area (Å²) in [6.07, 6.45) is 18.1. The number of carbonyl (C=O) groups is 1. The fourth-order valence-corrected chi connectivity index (χ4v) is 20.6. The summed E-state index contributed by atoms with van der Waals surface area (Å²) >= 11 is 6.71. The van der Waals surface area contributed by atoms with Gasteiger partial charge in [0, 0.05) is 0 Å². The third kappa shape index (κ3) is 8.10. The molecule has 3 nitrogen and oxygen atoms in total. The molecule has 0 unspecified atom stereocenters. The molecule has 308 valence electrons. The van der Waals surface area contributed by atoms with Crippen molar-refractivity contribution in [3.8, 4) is 22.6 Å². The first kappa shape index (κ1) is 43.1. The molecule has 7 heteroatoms. The number of carbonyl (C=O) groups excluding carboxylic acids is 1. The molecule has 0 spiro atoms. The number of halogens is 1. The summed E-state index contributed by atoms with van der Waals surface area (Å²) in [7, 11) is 2.83. The Bertz CT molecular complexity index is 1710. The second kappa shape index (κ2) is 17.5. The van der Waals surface area contributed by atoms with Gasteiger partial charge in [0.15, 0.2) is 5.75 Å². The van der Waals surface area contributed by atoms with Crippen molar-refractivity contribution in [3.63, 3.8) is 0 Å². The van der Waals surface area contributed by atoms with E-state index in [0.717, 1.165) is 46.1 Å². The maximum atomic E-state index is 10.5. The number of Topliss-reactive ketones (excluding diaryl/α,β-unsaturated/α-hetero) is 1. The predicted molar refractivity (Wildman–Crippen MR) is 239 cm³/mol. The molecule has 8 saturated carbocycles. The average molecular weight is 953 g/mol. The van der Waals surface area contributed by atoms with Gasteiger partial charge in [-0.3, -0.25) is 11.3 Å². The molecule has 8 fully saturated rings. The van der Waals surface area contributed by atoms with Crippen LogP contribution in [0.4, 0.5) is 0 Å². The van der Waals surface area contributed by atoms with Gasteiger partial charge in [-0.15, -0.1) is 5.38 Å². The van der Waals surface area contributed by atoms with Crippen LogP contribution in [0.5, 0.6) is 11.5 Å². The van der Waals surface area contributed by atoms with E-state index in [-0.39, 0.29) is 5.78 Å². The summed E-state index contributed by atoms with van der Waals surface area (Å²) in [6, 6.07) is 13.3. The topological polar surface area (TPSA) is 35.5 Å². The van der Waals surface area contributed by atoms with Crippen LogP contribution in [0.1, 0.15) is 170 Å². The van der Waals surface area contributed by atoms with Gasteiger partial charge in [0.25, 0.3) is 0 Å². The SMILES string of the molecule is CC(=O)c1cc[c-]s1.COc1ccc(OC)c([PH+](C23CC4CC(CC(C4)C2)C3)C23CC4CC(CC(C4)C2)C3)c1-c1c(C(C)C)cc(C(C)C)cc1C(C)C.[Br][Pd+]. The summed E-state index contributed by atoms with van der Waals surface area (Å²) in [6.45, 7) is 16.0. The van der Waals surface area contributed by atoms with Crippen molar-refractivity contribution in [2.75, 3.05) is 14.2 Å². The van der Waals surface area contributed by atoms with E-state index in [0.29, 0.717) is 28.1 Å². The Morgan fingerprint density at radius 3 is 1.41 bits per heavy atom. The molecule has 1 heterocycles. The number of methoxy groups -OCH3 is 2. The van der Waals surface area contributed by atoms with Gasteiger partial charge < -0.3 is 14.3 Å². The fraction of sp³-hybridized carbons (Fsp3) is 0.653. The van der Waals surface area contributed by atoms with Gasteiger partial charge in [0.05, 0.1) is 38.0 Å². The van der Waals surface area contributed by atoms with E-state index in [1.165, 1.54) is 122 Å². The second-order valence-corrected chi connectivity index (χ2v) is 24.3. The number of rotatable bonds is 10. The van der Waals surface area contributed by atoms with Gasteiger partial charge in [0.1, 0.15) is 16.8 Å². The summed E-state index contributed by atoms with van der Waals surface area (Å²) in [4.78, 5) is 11.3. The molecule has 3 aromatic rings. The number of thiophene rings is 1. The van der Waals surface area contributed by atoms with Crippen LogP contribution in [0.25, 0.3) is 11.1 Å². The van der Waals surface area contributed by atoms with E-state index in [9.17, 15) is 4.79 Å². The molecular weight excluding hydrogens is 886 g/mol. The minimum atomic E-state index is -1.08. The third-order valence-corrected chi connectivity index (χ3v) is 20.4. The third-order valence-electron chi connectivity index (χ3n) is 15.2. The quantitative estimate of drug-likeness (QED) is 0.0879. The Balaban J connectivity index is 0.000000425. The monoisotopic (exact) mass is 951 g/mol. The summed E-state index contributed by atoms with van der Waals surface area (Å²) in [5.74, 6) is 9.55. The first-order valence-electron chi connectivity index (χ1n) is 21.7. The molecule has 8 bridgehead atoms.